The molecule has 2 heteroatoms. The van der Waals surface area contributed by atoms with Crippen molar-refractivity contribution >= 4 is 12.0 Å². The summed E-state index contributed by atoms with van der Waals surface area (Å²) in [6.07, 6.45) is 15.5. The van der Waals surface area contributed by atoms with E-state index in [9.17, 15) is 9.90 Å². The smallest absolute Gasteiger partial charge is 0.307 e. The van der Waals surface area contributed by atoms with Crippen molar-refractivity contribution in [3.05, 3.63) is 66.3 Å². The molecule has 0 radical (unpaired) electrons. The van der Waals surface area contributed by atoms with E-state index in [4.69, 9.17) is 0 Å². The molecular formula is C23H24O2. The lowest BCUT2D eigenvalue weighted by Gasteiger charge is -2.58. The highest BCUT2D eigenvalue weighted by Crippen LogP contribution is 2.72. The number of rotatable bonds is 5. The molecule has 25 heavy (non-hydrogen) atoms. The van der Waals surface area contributed by atoms with Gasteiger partial charge in [0.2, 0.25) is 0 Å². The van der Waals surface area contributed by atoms with Crippen LogP contribution in [0.15, 0.2) is 60.7 Å². The summed E-state index contributed by atoms with van der Waals surface area (Å²) in [5.74, 6) is 3.43. The summed E-state index contributed by atoms with van der Waals surface area (Å²) in [5.41, 5.74) is 1.22. The fraction of sp³-hybridized carbons (Fsp3) is 0.435. The Kier molecular flexibility index (Phi) is 3.48. The predicted octanol–water partition coefficient (Wildman–Crippen LogP) is 4.66. The van der Waals surface area contributed by atoms with Gasteiger partial charge in [0.25, 0.3) is 0 Å². The molecule has 2 nitrogen and oxygen atoms in total. The molecule has 1 aromatic carbocycles. The molecule has 8 unspecified atom stereocenters. The highest BCUT2D eigenvalue weighted by molar-refractivity contribution is 5.72. The van der Waals surface area contributed by atoms with Crippen molar-refractivity contribution in [2.24, 2.45) is 47.3 Å². The molecule has 0 amide bonds. The molecule has 0 saturated heterocycles. The van der Waals surface area contributed by atoms with E-state index in [0.29, 0.717) is 23.7 Å². The van der Waals surface area contributed by atoms with Crippen LogP contribution in [0, 0.1) is 47.3 Å². The van der Waals surface area contributed by atoms with Crippen LogP contribution in [-0.2, 0) is 4.79 Å². The molecule has 1 aromatic rings. The van der Waals surface area contributed by atoms with Gasteiger partial charge in [-0.2, -0.15) is 0 Å². The molecule has 0 spiro atoms. The molecule has 4 bridgehead atoms. The number of allylic oxidation sites excluding steroid dienone is 5. The molecule has 128 valence electrons. The van der Waals surface area contributed by atoms with Gasteiger partial charge in [-0.15, -0.1) is 0 Å². The van der Waals surface area contributed by atoms with Gasteiger partial charge in [-0.25, -0.2) is 0 Å². The third-order valence-corrected chi connectivity index (χ3v) is 7.37. The first-order valence-corrected chi connectivity index (χ1v) is 9.55. The van der Waals surface area contributed by atoms with Crippen LogP contribution < -0.4 is 0 Å². The molecule has 5 aliphatic rings. The lowest BCUT2D eigenvalue weighted by molar-refractivity contribution is -0.154. The monoisotopic (exact) mass is 332 g/mol. The molecular weight excluding hydrogens is 308 g/mol. The first-order valence-electron chi connectivity index (χ1n) is 9.55. The molecule has 0 aliphatic heterocycles. The quantitative estimate of drug-likeness (QED) is 0.629. The van der Waals surface area contributed by atoms with Crippen molar-refractivity contribution in [3.63, 3.8) is 0 Å². The van der Waals surface area contributed by atoms with Gasteiger partial charge in [-0.05, 0) is 59.8 Å². The Morgan fingerprint density at radius 2 is 1.84 bits per heavy atom. The molecule has 3 saturated carbocycles. The minimum Gasteiger partial charge on any atom is -0.481 e. The van der Waals surface area contributed by atoms with Gasteiger partial charge in [0.15, 0.2) is 0 Å². The Hall–Kier alpha value is -2.09. The molecule has 1 N–H and O–H groups in total. The van der Waals surface area contributed by atoms with Crippen LogP contribution >= 0.6 is 0 Å². The summed E-state index contributed by atoms with van der Waals surface area (Å²) in [7, 11) is 0. The zero-order valence-corrected chi connectivity index (χ0v) is 14.2. The maximum absolute atomic E-state index is 11.8. The minimum absolute atomic E-state index is 0.117. The lowest BCUT2D eigenvalue weighted by atomic mass is 9.45. The van der Waals surface area contributed by atoms with E-state index in [-0.39, 0.29) is 11.8 Å². The van der Waals surface area contributed by atoms with E-state index in [0.717, 1.165) is 24.7 Å². The molecule has 3 fully saturated rings. The number of carboxylic acids is 1. The number of aliphatic carboxylic acids is 1. The Bertz CT molecular complexity index is 760. The second kappa shape index (κ2) is 5.72. The van der Waals surface area contributed by atoms with E-state index in [1.165, 1.54) is 5.56 Å². The molecule has 5 aliphatic carbocycles. The van der Waals surface area contributed by atoms with Gasteiger partial charge in [0.05, 0.1) is 5.92 Å². The summed E-state index contributed by atoms with van der Waals surface area (Å²) in [6.45, 7) is 0. The number of benzene rings is 1. The zero-order valence-electron chi connectivity index (χ0n) is 14.2. The fourth-order valence-corrected chi connectivity index (χ4v) is 6.58. The highest BCUT2D eigenvalue weighted by Gasteiger charge is 2.69. The van der Waals surface area contributed by atoms with E-state index in [2.05, 4.69) is 60.7 Å². The van der Waals surface area contributed by atoms with Crippen LogP contribution in [0.4, 0.5) is 0 Å². The van der Waals surface area contributed by atoms with Crippen molar-refractivity contribution < 1.29 is 9.90 Å². The van der Waals surface area contributed by atoms with Crippen molar-refractivity contribution in [2.45, 2.75) is 12.8 Å². The highest BCUT2D eigenvalue weighted by atomic mass is 16.4. The number of carbonyl (C=O) groups is 1. The molecule has 8 atom stereocenters. The predicted molar refractivity (Wildman–Crippen MR) is 98.5 cm³/mol. The summed E-state index contributed by atoms with van der Waals surface area (Å²) in [4.78, 5) is 11.8. The maximum atomic E-state index is 11.8. The van der Waals surface area contributed by atoms with Gasteiger partial charge < -0.3 is 5.11 Å². The minimum atomic E-state index is -0.560. The summed E-state index contributed by atoms with van der Waals surface area (Å²) < 4.78 is 0. The second-order valence-electron chi connectivity index (χ2n) is 8.22. The van der Waals surface area contributed by atoms with Crippen LogP contribution in [0.2, 0.25) is 0 Å². The number of hydrogen-bond donors (Lipinski definition) is 1. The van der Waals surface area contributed by atoms with E-state index in [1.807, 2.05) is 6.07 Å². The number of hydrogen-bond acceptors (Lipinski definition) is 1. The average molecular weight is 332 g/mol. The van der Waals surface area contributed by atoms with Crippen molar-refractivity contribution in [1.29, 1.82) is 0 Å². The number of carboxylic acid groups (broad SMARTS) is 1. The average Bonchev–Trinajstić information content (AvgIpc) is 2.82. The molecule has 0 aromatic heterocycles. The van der Waals surface area contributed by atoms with Crippen molar-refractivity contribution in [2.75, 3.05) is 0 Å². The lowest BCUT2D eigenvalue weighted by Crippen LogP contribution is -2.56. The Morgan fingerprint density at radius 3 is 2.64 bits per heavy atom. The van der Waals surface area contributed by atoms with Crippen LogP contribution in [0.3, 0.4) is 0 Å². The van der Waals surface area contributed by atoms with Crippen molar-refractivity contribution in [3.8, 4) is 0 Å². The fourth-order valence-electron chi connectivity index (χ4n) is 6.58. The van der Waals surface area contributed by atoms with E-state index in [1.54, 1.807) is 0 Å². The first-order chi connectivity index (χ1) is 12.3. The van der Waals surface area contributed by atoms with Gasteiger partial charge in [0.1, 0.15) is 0 Å². The largest absolute Gasteiger partial charge is 0.481 e. The van der Waals surface area contributed by atoms with Gasteiger partial charge >= 0.3 is 5.97 Å². The van der Waals surface area contributed by atoms with Gasteiger partial charge in [-0.3, -0.25) is 4.79 Å². The van der Waals surface area contributed by atoms with Gasteiger partial charge in [-0.1, -0.05) is 66.8 Å². The van der Waals surface area contributed by atoms with E-state index < -0.39 is 5.97 Å². The van der Waals surface area contributed by atoms with Gasteiger partial charge in [0, 0.05) is 0 Å². The first kappa shape index (κ1) is 15.2. The maximum Gasteiger partial charge on any atom is 0.307 e. The summed E-state index contributed by atoms with van der Waals surface area (Å²) >= 11 is 0. The standard InChI is InChI=1S/C23H24O2/c24-23(25)22-17-12-11-16-19(22)13-18-15(20(17)21(16)18)10-6-2-5-9-14-7-3-1-4-8-14/h1-9,11-12,15-22H,10,13H2,(H,24,25). The second-order valence-corrected chi connectivity index (χ2v) is 8.22. The van der Waals surface area contributed by atoms with Crippen LogP contribution in [0.25, 0.3) is 6.08 Å². The third kappa shape index (κ3) is 2.19. The zero-order chi connectivity index (χ0) is 17.0. The molecule has 6 rings (SSSR count). The summed E-state index contributed by atoms with van der Waals surface area (Å²) in [6, 6.07) is 10.3. The van der Waals surface area contributed by atoms with Crippen LogP contribution in [0.5, 0.6) is 0 Å². The Labute approximate surface area is 148 Å². The van der Waals surface area contributed by atoms with Crippen molar-refractivity contribution in [1.82, 2.24) is 0 Å². The van der Waals surface area contributed by atoms with E-state index >= 15 is 0 Å². The van der Waals surface area contributed by atoms with Crippen LogP contribution in [0.1, 0.15) is 18.4 Å². The topological polar surface area (TPSA) is 37.3 Å². The SMILES string of the molecule is O=C(O)C1C2C=CC3C1CC1C(CC=CC=Cc4ccccc4)C2C31. The Morgan fingerprint density at radius 1 is 1.04 bits per heavy atom. The van der Waals surface area contributed by atoms with Crippen LogP contribution in [-0.4, -0.2) is 11.1 Å². The summed E-state index contributed by atoms with van der Waals surface area (Å²) in [5, 5.41) is 9.70. The normalized spacial score (nSPS) is 43.0. The Balaban J connectivity index is 1.27. The third-order valence-electron chi connectivity index (χ3n) is 7.37. The molecule has 0 heterocycles.